The molecule has 0 aliphatic carbocycles. The van der Waals surface area contributed by atoms with Crippen LogP contribution in [0.4, 0.5) is 0 Å². The molecule has 0 saturated heterocycles. The minimum Gasteiger partial charge on any atom is -0.294 e. The van der Waals surface area contributed by atoms with Crippen LogP contribution in [-0.4, -0.2) is 26.2 Å². The molecule has 134 valence electrons. The predicted octanol–water partition coefficient (Wildman–Crippen LogP) is 3.27. The minimum atomic E-state index is 0.00640. The smallest absolute Gasteiger partial charge is 0.277 e. The van der Waals surface area contributed by atoms with Crippen molar-refractivity contribution in [2.75, 3.05) is 6.54 Å². The van der Waals surface area contributed by atoms with Crippen molar-refractivity contribution in [3.8, 4) is 5.82 Å². The van der Waals surface area contributed by atoms with Crippen LogP contribution in [0.3, 0.4) is 0 Å². The van der Waals surface area contributed by atoms with Gasteiger partial charge < -0.3 is 0 Å². The third-order valence-electron chi connectivity index (χ3n) is 5.23. The van der Waals surface area contributed by atoms with Gasteiger partial charge in [-0.1, -0.05) is 42.5 Å². The van der Waals surface area contributed by atoms with E-state index in [-0.39, 0.29) is 5.56 Å². The summed E-state index contributed by atoms with van der Waals surface area (Å²) in [5, 5.41) is 5.75. The van der Waals surface area contributed by atoms with Crippen molar-refractivity contribution in [2.45, 2.75) is 19.5 Å². The van der Waals surface area contributed by atoms with E-state index in [0.717, 1.165) is 30.8 Å². The zero-order valence-electron chi connectivity index (χ0n) is 14.9. The zero-order chi connectivity index (χ0) is 18.2. The van der Waals surface area contributed by atoms with Crippen LogP contribution in [0.25, 0.3) is 16.6 Å². The fourth-order valence-electron chi connectivity index (χ4n) is 3.84. The van der Waals surface area contributed by atoms with E-state index < -0.39 is 0 Å². The molecule has 27 heavy (non-hydrogen) atoms. The number of aromatic nitrogens is 3. The molecule has 1 N–H and O–H groups in total. The number of H-pyrrole nitrogens is 1. The van der Waals surface area contributed by atoms with E-state index in [1.807, 2.05) is 18.2 Å². The average molecular weight is 356 g/mol. The Labute approximate surface area is 156 Å². The number of fused-ring (bicyclic) bond motifs is 2. The maximum absolute atomic E-state index is 12.9. The van der Waals surface area contributed by atoms with Crippen molar-refractivity contribution < 1.29 is 0 Å². The van der Waals surface area contributed by atoms with Crippen molar-refractivity contribution in [3.05, 3.63) is 94.0 Å². The van der Waals surface area contributed by atoms with Gasteiger partial charge in [-0.3, -0.25) is 14.8 Å². The van der Waals surface area contributed by atoms with E-state index in [1.165, 1.54) is 16.3 Å². The maximum Gasteiger partial charge on any atom is 0.277 e. The lowest BCUT2D eigenvalue weighted by Gasteiger charge is -2.26. The highest BCUT2D eigenvalue weighted by atomic mass is 16.1. The van der Waals surface area contributed by atoms with Gasteiger partial charge in [-0.05, 0) is 34.5 Å². The molecule has 1 aliphatic heterocycles. The van der Waals surface area contributed by atoms with Crippen LogP contribution in [0.1, 0.15) is 16.8 Å². The maximum atomic E-state index is 12.9. The molecule has 0 radical (unpaired) electrons. The van der Waals surface area contributed by atoms with Crippen molar-refractivity contribution in [2.24, 2.45) is 0 Å². The van der Waals surface area contributed by atoms with E-state index in [9.17, 15) is 4.79 Å². The summed E-state index contributed by atoms with van der Waals surface area (Å²) in [4.78, 5) is 19.5. The van der Waals surface area contributed by atoms with Gasteiger partial charge in [-0.25, -0.2) is 9.67 Å². The third-order valence-corrected chi connectivity index (χ3v) is 5.23. The molecule has 2 aromatic heterocycles. The van der Waals surface area contributed by atoms with Gasteiger partial charge in [0.2, 0.25) is 0 Å². The summed E-state index contributed by atoms with van der Waals surface area (Å²) in [5.74, 6) is 0.637. The van der Waals surface area contributed by atoms with Gasteiger partial charge in [0.25, 0.3) is 5.56 Å². The number of pyridine rings is 1. The highest BCUT2D eigenvalue weighted by Gasteiger charge is 2.23. The molecule has 5 nitrogen and oxygen atoms in total. The molecule has 3 heterocycles. The molecule has 0 fully saturated rings. The second kappa shape index (κ2) is 6.52. The van der Waals surface area contributed by atoms with Gasteiger partial charge in [0, 0.05) is 37.9 Å². The van der Waals surface area contributed by atoms with E-state index in [0.29, 0.717) is 12.4 Å². The Kier molecular flexibility index (Phi) is 3.87. The van der Waals surface area contributed by atoms with Gasteiger partial charge >= 0.3 is 0 Å². The molecule has 5 heteroatoms. The Bertz CT molecular complexity index is 1160. The minimum absolute atomic E-state index is 0.00640. The SMILES string of the molecule is O=c1c2c([nH]n1-c1ccccn1)CCN(Cc1ccc3ccccc3c1)C2. The fraction of sp³-hybridized carbons (Fsp3) is 0.182. The highest BCUT2D eigenvalue weighted by molar-refractivity contribution is 5.82. The molecular weight excluding hydrogens is 336 g/mol. The number of hydrogen-bond donors (Lipinski definition) is 1. The normalized spacial score (nSPS) is 14.4. The number of nitrogens with one attached hydrogen (secondary N) is 1. The standard InChI is InChI=1S/C22H20N4O/c27-22-19-15-25(14-16-8-9-17-5-1-2-6-18(17)13-16)12-10-20(19)24-26(22)21-7-3-4-11-23-21/h1-9,11,13,24H,10,12,14-15H2. The quantitative estimate of drug-likeness (QED) is 0.613. The Morgan fingerprint density at radius 1 is 1.00 bits per heavy atom. The van der Waals surface area contributed by atoms with Crippen LogP contribution in [0.5, 0.6) is 0 Å². The largest absolute Gasteiger partial charge is 0.294 e. The van der Waals surface area contributed by atoms with Crippen LogP contribution in [0.15, 0.2) is 71.7 Å². The molecule has 5 rings (SSSR count). The lowest BCUT2D eigenvalue weighted by molar-refractivity contribution is 0.244. The van der Waals surface area contributed by atoms with Crippen LogP contribution in [0.2, 0.25) is 0 Å². The monoisotopic (exact) mass is 356 g/mol. The topological polar surface area (TPSA) is 53.9 Å². The molecule has 4 aromatic rings. The molecule has 0 atom stereocenters. The van der Waals surface area contributed by atoms with Crippen molar-refractivity contribution in [3.63, 3.8) is 0 Å². The summed E-state index contributed by atoms with van der Waals surface area (Å²) < 4.78 is 1.56. The Hall–Kier alpha value is -3.18. The summed E-state index contributed by atoms with van der Waals surface area (Å²) in [6.07, 6.45) is 2.55. The van der Waals surface area contributed by atoms with Crippen molar-refractivity contribution in [1.29, 1.82) is 0 Å². The number of aromatic amines is 1. The zero-order valence-corrected chi connectivity index (χ0v) is 14.9. The number of benzene rings is 2. The lowest BCUT2D eigenvalue weighted by atomic mass is 10.0. The summed E-state index contributed by atoms with van der Waals surface area (Å²) in [6, 6.07) is 20.6. The van der Waals surface area contributed by atoms with Crippen LogP contribution < -0.4 is 5.56 Å². The molecule has 1 aliphatic rings. The number of nitrogens with zero attached hydrogens (tertiary/aromatic N) is 3. The Balaban J connectivity index is 1.40. The first-order valence-corrected chi connectivity index (χ1v) is 9.22. The number of rotatable bonds is 3. The van der Waals surface area contributed by atoms with E-state index >= 15 is 0 Å². The van der Waals surface area contributed by atoms with E-state index in [2.05, 4.69) is 57.4 Å². The van der Waals surface area contributed by atoms with E-state index in [1.54, 1.807) is 10.9 Å². The van der Waals surface area contributed by atoms with Crippen LogP contribution in [-0.2, 0) is 19.5 Å². The highest BCUT2D eigenvalue weighted by Crippen LogP contribution is 2.20. The first kappa shape index (κ1) is 16.0. The molecule has 0 unspecified atom stereocenters. The second-order valence-corrected chi connectivity index (χ2v) is 7.04. The molecule has 2 aromatic carbocycles. The van der Waals surface area contributed by atoms with Gasteiger partial charge in [-0.2, -0.15) is 0 Å². The van der Waals surface area contributed by atoms with Gasteiger partial charge in [0.1, 0.15) is 0 Å². The molecule has 0 amide bonds. The van der Waals surface area contributed by atoms with Gasteiger partial charge in [-0.15, -0.1) is 0 Å². The predicted molar refractivity (Wildman–Crippen MR) is 106 cm³/mol. The van der Waals surface area contributed by atoms with Crippen molar-refractivity contribution in [1.82, 2.24) is 19.7 Å². The average Bonchev–Trinajstić information content (AvgIpc) is 3.05. The van der Waals surface area contributed by atoms with Gasteiger partial charge in [0.05, 0.1) is 5.56 Å². The van der Waals surface area contributed by atoms with Gasteiger partial charge in [0.15, 0.2) is 5.82 Å². The molecule has 0 saturated carbocycles. The molecule has 0 bridgehead atoms. The Morgan fingerprint density at radius 3 is 2.70 bits per heavy atom. The summed E-state index contributed by atoms with van der Waals surface area (Å²) >= 11 is 0. The van der Waals surface area contributed by atoms with Crippen LogP contribution >= 0.6 is 0 Å². The summed E-state index contributed by atoms with van der Waals surface area (Å²) in [7, 11) is 0. The Morgan fingerprint density at radius 2 is 1.85 bits per heavy atom. The van der Waals surface area contributed by atoms with E-state index in [4.69, 9.17) is 0 Å². The first-order chi connectivity index (χ1) is 13.3. The first-order valence-electron chi connectivity index (χ1n) is 9.22. The molecular formula is C22H20N4O. The molecule has 0 spiro atoms. The lowest BCUT2D eigenvalue weighted by Crippen LogP contribution is -2.32. The second-order valence-electron chi connectivity index (χ2n) is 7.04. The summed E-state index contributed by atoms with van der Waals surface area (Å²) in [5.41, 5.74) is 3.16. The number of hydrogen-bond acceptors (Lipinski definition) is 3. The van der Waals surface area contributed by atoms with Crippen molar-refractivity contribution >= 4 is 10.8 Å². The third kappa shape index (κ3) is 2.96. The van der Waals surface area contributed by atoms with Crippen LogP contribution in [0, 0.1) is 0 Å². The fourth-order valence-corrected chi connectivity index (χ4v) is 3.84. The summed E-state index contributed by atoms with van der Waals surface area (Å²) in [6.45, 7) is 2.44.